The summed E-state index contributed by atoms with van der Waals surface area (Å²) in [5.74, 6) is -0.363. The van der Waals surface area contributed by atoms with Crippen LogP contribution in [0, 0.1) is 17.1 Å². The van der Waals surface area contributed by atoms with Gasteiger partial charge in [-0.1, -0.05) is 19.1 Å². The number of piperazine rings is 1. The molecule has 1 aromatic rings. The van der Waals surface area contributed by atoms with E-state index < -0.39 is 0 Å². The van der Waals surface area contributed by atoms with Crippen molar-refractivity contribution < 1.29 is 4.39 Å². The molecule has 0 saturated carbocycles. The second kappa shape index (κ2) is 5.94. The highest BCUT2D eigenvalue weighted by Gasteiger charge is 2.17. The second-order valence-corrected chi connectivity index (χ2v) is 4.60. The fraction of sp³-hybridized carbons (Fsp3) is 0.500. The van der Waals surface area contributed by atoms with Crippen molar-refractivity contribution in [1.29, 1.82) is 5.26 Å². The van der Waals surface area contributed by atoms with Gasteiger partial charge >= 0.3 is 0 Å². The molecule has 0 radical (unpaired) electrons. The van der Waals surface area contributed by atoms with Crippen LogP contribution >= 0.6 is 0 Å². The first-order valence-corrected chi connectivity index (χ1v) is 6.36. The third kappa shape index (κ3) is 2.87. The van der Waals surface area contributed by atoms with Gasteiger partial charge in [0.15, 0.2) is 0 Å². The number of benzene rings is 1. The summed E-state index contributed by atoms with van der Waals surface area (Å²) in [6, 6.07) is 6.92. The zero-order valence-corrected chi connectivity index (χ0v) is 10.7. The van der Waals surface area contributed by atoms with Crippen molar-refractivity contribution in [3.05, 3.63) is 35.1 Å². The Morgan fingerprint density at radius 2 is 1.89 bits per heavy atom. The summed E-state index contributed by atoms with van der Waals surface area (Å²) in [6.45, 7) is 7.83. The van der Waals surface area contributed by atoms with Gasteiger partial charge in [-0.15, -0.1) is 0 Å². The average Bonchev–Trinajstić information content (AvgIpc) is 2.42. The van der Waals surface area contributed by atoms with E-state index in [0.717, 1.165) is 32.7 Å². The van der Waals surface area contributed by atoms with Crippen molar-refractivity contribution in [2.75, 3.05) is 32.7 Å². The van der Waals surface area contributed by atoms with Crippen LogP contribution in [0.4, 0.5) is 4.39 Å². The molecule has 2 rings (SSSR count). The van der Waals surface area contributed by atoms with E-state index in [1.54, 1.807) is 12.1 Å². The van der Waals surface area contributed by atoms with Gasteiger partial charge in [-0.25, -0.2) is 4.39 Å². The minimum absolute atomic E-state index is 0.139. The topological polar surface area (TPSA) is 30.3 Å². The number of halogens is 1. The lowest BCUT2D eigenvalue weighted by Gasteiger charge is -2.34. The molecule has 1 aromatic carbocycles. The quantitative estimate of drug-likeness (QED) is 0.816. The van der Waals surface area contributed by atoms with Crippen molar-refractivity contribution in [3.8, 4) is 6.07 Å². The number of rotatable bonds is 3. The van der Waals surface area contributed by atoms with Crippen molar-refractivity contribution in [1.82, 2.24) is 9.80 Å². The number of likely N-dealkylation sites (N-methyl/N-ethyl adjacent to an activating group) is 1. The maximum atomic E-state index is 13.9. The van der Waals surface area contributed by atoms with Crippen LogP contribution < -0.4 is 0 Å². The van der Waals surface area contributed by atoms with Gasteiger partial charge in [0.1, 0.15) is 11.9 Å². The maximum absolute atomic E-state index is 13.9. The SMILES string of the molecule is CCN1CCN(Cc2cccc(C#N)c2F)CC1. The highest BCUT2D eigenvalue weighted by atomic mass is 19.1. The molecule has 0 spiro atoms. The second-order valence-electron chi connectivity index (χ2n) is 4.60. The molecule has 0 N–H and O–H groups in total. The Morgan fingerprint density at radius 3 is 2.50 bits per heavy atom. The fourth-order valence-electron chi connectivity index (χ4n) is 2.29. The predicted octanol–water partition coefficient (Wildman–Crippen LogP) is 1.83. The Kier molecular flexibility index (Phi) is 4.29. The number of nitrogens with zero attached hydrogens (tertiary/aromatic N) is 3. The Morgan fingerprint density at radius 1 is 1.22 bits per heavy atom. The Bertz CT molecular complexity index is 445. The fourth-order valence-corrected chi connectivity index (χ4v) is 2.29. The molecular formula is C14H18FN3. The monoisotopic (exact) mass is 247 g/mol. The molecule has 0 atom stereocenters. The Hall–Kier alpha value is -1.44. The van der Waals surface area contributed by atoms with Crippen LogP contribution in [0.5, 0.6) is 0 Å². The third-order valence-electron chi connectivity index (χ3n) is 3.51. The molecule has 0 aliphatic carbocycles. The van der Waals surface area contributed by atoms with Gasteiger partial charge < -0.3 is 4.90 Å². The molecule has 1 aliphatic rings. The molecular weight excluding hydrogens is 229 g/mol. The minimum Gasteiger partial charge on any atom is -0.301 e. The van der Waals surface area contributed by atoms with Gasteiger partial charge in [0.2, 0.25) is 0 Å². The molecule has 1 heterocycles. The van der Waals surface area contributed by atoms with Crippen LogP contribution in [0.3, 0.4) is 0 Å². The molecule has 3 nitrogen and oxygen atoms in total. The van der Waals surface area contributed by atoms with Crippen LogP contribution in [0.15, 0.2) is 18.2 Å². The summed E-state index contributed by atoms with van der Waals surface area (Å²) < 4.78 is 13.9. The molecule has 1 saturated heterocycles. The minimum atomic E-state index is -0.363. The first kappa shape index (κ1) is 13.0. The smallest absolute Gasteiger partial charge is 0.145 e. The van der Waals surface area contributed by atoms with Crippen molar-refractivity contribution in [2.45, 2.75) is 13.5 Å². The van der Waals surface area contributed by atoms with Crippen LogP contribution in [0.25, 0.3) is 0 Å². The van der Waals surface area contributed by atoms with Crippen LogP contribution in [-0.4, -0.2) is 42.5 Å². The van der Waals surface area contributed by atoms with E-state index in [4.69, 9.17) is 5.26 Å². The van der Waals surface area contributed by atoms with E-state index in [2.05, 4.69) is 16.7 Å². The van der Waals surface area contributed by atoms with Gasteiger partial charge in [-0.2, -0.15) is 5.26 Å². The number of hydrogen-bond acceptors (Lipinski definition) is 3. The zero-order valence-electron chi connectivity index (χ0n) is 10.7. The predicted molar refractivity (Wildman–Crippen MR) is 68.5 cm³/mol. The summed E-state index contributed by atoms with van der Waals surface area (Å²) in [4.78, 5) is 4.63. The third-order valence-corrected chi connectivity index (χ3v) is 3.51. The molecule has 18 heavy (non-hydrogen) atoms. The largest absolute Gasteiger partial charge is 0.301 e. The lowest BCUT2D eigenvalue weighted by Crippen LogP contribution is -2.45. The zero-order chi connectivity index (χ0) is 13.0. The Balaban J connectivity index is 2.01. The van der Waals surface area contributed by atoms with Gasteiger partial charge in [-0.3, -0.25) is 4.90 Å². The summed E-state index contributed by atoms with van der Waals surface area (Å²) in [5.41, 5.74) is 0.763. The lowest BCUT2D eigenvalue weighted by atomic mass is 10.1. The first-order valence-electron chi connectivity index (χ1n) is 6.36. The summed E-state index contributed by atoms with van der Waals surface area (Å²) in [6.07, 6.45) is 0. The maximum Gasteiger partial charge on any atom is 0.145 e. The van der Waals surface area contributed by atoms with Crippen molar-refractivity contribution >= 4 is 0 Å². The van der Waals surface area contributed by atoms with Crippen LogP contribution in [-0.2, 0) is 6.54 Å². The average molecular weight is 247 g/mol. The summed E-state index contributed by atoms with van der Waals surface area (Å²) in [7, 11) is 0. The van der Waals surface area contributed by atoms with E-state index in [9.17, 15) is 4.39 Å². The van der Waals surface area contributed by atoms with E-state index in [1.165, 1.54) is 6.07 Å². The number of nitriles is 1. The summed E-state index contributed by atoms with van der Waals surface area (Å²) >= 11 is 0. The molecule has 0 aromatic heterocycles. The van der Waals surface area contributed by atoms with Gasteiger partial charge in [0.25, 0.3) is 0 Å². The number of hydrogen-bond donors (Lipinski definition) is 0. The van der Waals surface area contributed by atoms with Crippen molar-refractivity contribution in [2.24, 2.45) is 0 Å². The molecule has 0 amide bonds. The highest BCUT2D eigenvalue weighted by Crippen LogP contribution is 2.15. The van der Waals surface area contributed by atoms with E-state index in [-0.39, 0.29) is 11.4 Å². The van der Waals surface area contributed by atoms with Gasteiger partial charge in [0, 0.05) is 38.3 Å². The lowest BCUT2D eigenvalue weighted by molar-refractivity contribution is 0.131. The summed E-state index contributed by atoms with van der Waals surface area (Å²) in [5, 5.41) is 8.81. The molecule has 96 valence electrons. The van der Waals surface area contributed by atoms with Gasteiger partial charge in [0.05, 0.1) is 5.56 Å². The van der Waals surface area contributed by atoms with E-state index in [0.29, 0.717) is 12.1 Å². The standard InChI is InChI=1S/C14H18FN3/c1-2-17-6-8-18(9-7-17)11-13-5-3-4-12(10-16)14(13)15/h3-5H,2,6-9,11H2,1H3. The molecule has 4 heteroatoms. The Labute approximate surface area is 107 Å². The van der Waals surface area contributed by atoms with E-state index in [1.807, 2.05) is 6.07 Å². The van der Waals surface area contributed by atoms with Crippen LogP contribution in [0.2, 0.25) is 0 Å². The molecule has 1 aliphatic heterocycles. The molecule has 0 bridgehead atoms. The van der Waals surface area contributed by atoms with Gasteiger partial charge in [-0.05, 0) is 12.6 Å². The molecule has 1 fully saturated rings. The van der Waals surface area contributed by atoms with E-state index >= 15 is 0 Å². The van der Waals surface area contributed by atoms with Crippen LogP contribution in [0.1, 0.15) is 18.1 Å². The molecule has 0 unspecified atom stereocenters. The highest BCUT2D eigenvalue weighted by molar-refractivity contribution is 5.34. The normalized spacial score (nSPS) is 17.6. The first-order chi connectivity index (χ1) is 8.74. The van der Waals surface area contributed by atoms with Crippen molar-refractivity contribution in [3.63, 3.8) is 0 Å².